The summed E-state index contributed by atoms with van der Waals surface area (Å²) >= 11 is 0. The van der Waals surface area contributed by atoms with Crippen LogP contribution >= 0.6 is 0 Å². The van der Waals surface area contributed by atoms with Gasteiger partial charge in [0.25, 0.3) is 0 Å². The number of aryl methyl sites for hydroxylation is 2. The van der Waals surface area contributed by atoms with Crippen molar-refractivity contribution in [2.45, 2.75) is 13.1 Å². The quantitative estimate of drug-likeness (QED) is 0.745. The highest BCUT2D eigenvalue weighted by molar-refractivity contribution is 5.52. The average molecular weight is 255 g/mol. The molecule has 0 bridgehead atoms. The normalized spacial score (nSPS) is 10.7. The lowest BCUT2D eigenvalue weighted by molar-refractivity contribution is 0.451. The number of hydrogen-bond donors (Lipinski definition) is 1. The molecule has 0 amide bonds. The lowest BCUT2D eigenvalue weighted by Gasteiger charge is -1.99. The highest BCUT2D eigenvalue weighted by Crippen LogP contribution is 2.11. The van der Waals surface area contributed by atoms with Gasteiger partial charge in [0.15, 0.2) is 0 Å². The number of hydrogen-bond acceptors (Lipinski definition) is 5. The van der Waals surface area contributed by atoms with Crippen LogP contribution in [0.15, 0.2) is 42.6 Å². The first-order chi connectivity index (χ1) is 9.31. The van der Waals surface area contributed by atoms with E-state index in [0.29, 0.717) is 24.7 Å². The minimum atomic E-state index is 0.511. The largest absolute Gasteiger partial charge is 0.382 e. The van der Waals surface area contributed by atoms with Crippen molar-refractivity contribution in [1.29, 1.82) is 0 Å². The second-order valence-corrected chi connectivity index (χ2v) is 4.08. The van der Waals surface area contributed by atoms with E-state index in [1.807, 2.05) is 36.5 Å². The van der Waals surface area contributed by atoms with Crippen LogP contribution in [0.25, 0.3) is 11.4 Å². The van der Waals surface area contributed by atoms with Gasteiger partial charge in [0.1, 0.15) is 5.82 Å². The zero-order valence-corrected chi connectivity index (χ0v) is 10.2. The molecule has 0 fully saturated rings. The zero-order valence-electron chi connectivity index (χ0n) is 10.2. The maximum atomic E-state index is 5.55. The monoisotopic (exact) mass is 255 g/mol. The highest BCUT2D eigenvalue weighted by Gasteiger charge is 2.05. The average Bonchev–Trinajstić information content (AvgIpc) is 3.06. The molecule has 3 aromatic rings. The van der Waals surface area contributed by atoms with E-state index in [1.54, 1.807) is 15.5 Å². The third kappa shape index (κ3) is 2.59. The Morgan fingerprint density at radius 3 is 2.58 bits per heavy atom. The molecule has 2 aromatic heterocycles. The first kappa shape index (κ1) is 11.4. The van der Waals surface area contributed by atoms with Crippen LogP contribution in [-0.4, -0.2) is 30.0 Å². The van der Waals surface area contributed by atoms with E-state index in [-0.39, 0.29) is 0 Å². The fourth-order valence-electron chi connectivity index (χ4n) is 1.73. The van der Waals surface area contributed by atoms with Gasteiger partial charge in [0.05, 0.1) is 13.1 Å². The Hall–Kier alpha value is -2.70. The number of tetrazole rings is 1. The summed E-state index contributed by atoms with van der Waals surface area (Å²) in [6, 6.07) is 11.5. The molecule has 0 aliphatic carbocycles. The third-order valence-corrected chi connectivity index (χ3v) is 2.68. The molecule has 0 aliphatic heterocycles. The molecule has 96 valence electrons. The minimum absolute atomic E-state index is 0.511. The van der Waals surface area contributed by atoms with Gasteiger partial charge in [0, 0.05) is 11.8 Å². The minimum Gasteiger partial charge on any atom is -0.382 e. The van der Waals surface area contributed by atoms with Crippen LogP contribution in [0.3, 0.4) is 0 Å². The van der Waals surface area contributed by atoms with Crippen molar-refractivity contribution in [3.05, 3.63) is 42.6 Å². The maximum absolute atomic E-state index is 5.55. The van der Waals surface area contributed by atoms with Crippen LogP contribution in [0, 0.1) is 0 Å². The Balaban J connectivity index is 1.68. The van der Waals surface area contributed by atoms with Crippen molar-refractivity contribution in [2.24, 2.45) is 0 Å². The van der Waals surface area contributed by atoms with E-state index in [0.717, 1.165) is 5.56 Å². The molecular weight excluding hydrogens is 242 g/mol. The second kappa shape index (κ2) is 4.89. The number of nitrogens with two attached hydrogens (primary N) is 1. The SMILES string of the molecule is Nc1ccn(CCn2nnc(-c3ccccc3)n2)n1. The van der Waals surface area contributed by atoms with Crippen molar-refractivity contribution in [3.63, 3.8) is 0 Å². The molecule has 2 N–H and O–H groups in total. The van der Waals surface area contributed by atoms with E-state index < -0.39 is 0 Å². The molecule has 7 heteroatoms. The molecular formula is C12H13N7. The first-order valence-electron chi connectivity index (χ1n) is 5.93. The van der Waals surface area contributed by atoms with Gasteiger partial charge in [-0.3, -0.25) is 4.68 Å². The molecule has 2 heterocycles. The zero-order chi connectivity index (χ0) is 13.1. The molecule has 0 aliphatic rings. The van der Waals surface area contributed by atoms with Gasteiger partial charge < -0.3 is 5.73 Å². The van der Waals surface area contributed by atoms with E-state index in [9.17, 15) is 0 Å². The second-order valence-electron chi connectivity index (χ2n) is 4.08. The molecule has 0 atom stereocenters. The van der Waals surface area contributed by atoms with Crippen LogP contribution in [-0.2, 0) is 13.1 Å². The van der Waals surface area contributed by atoms with Gasteiger partial charge in [-0.1, -0.05) is 30.3 Å². The predicted octanol–water partition coefficient (Wildman–Crippen LogP) is 0.819. The predicted molar refractivity (Wildman–Crippen MR) is 69.9 cm³/mol. The van der Waals surface area contributed by atoms with Crippen LogP contribution in [0.5, 0.6) is 0 Å². The molecule has 0 saturated carbocycles. The number of nitrogens with zero attached hydrogens (tertiary/aromatic N) is 6. The van der Waals surface area contributed by atoms with Crippen molar-refractivity contribution < 1.29 is 0 Å². The Morgan fingerprint density at radius 1 is 1.00 bits per heavy atom. The van der Waals surface area contributed by atoms with Gasteiger partial charge in [-0.2, -0.15) is 9.90 Å². The van der Waals surface area contributed by atoms with E-state index in [4.69, 9.17) is 5.73 Å². The van der Waals surface area contributed by atoms with Crippen molar-refractivity contribution in [2.75, 3.05) is 5.73 Å². The molecule has 0 saturated heterocycles. The maximum Gasteiger partial charge on any atom is 0.204 e. The summed E-state index contributed by atoms with van der Waals surface area (Å²) in [5.74, 6) is 1.14. The summed E-state index contributed by atoms with van der Waals surface area (Å²) in [4.78, 5) is 1.56. The molecule has 19 heavy (non-hydrogen) atoms. The number of nitrogen functional groups attached to an aromatic ring is 1. The number of aromatic nitrogens is 6. The summed E-state index contributed by atoms with van der Waals surface area (Å²) in [6.45, 7) is 1.25. The number of rotatable bonds is 4. The van der Waals surface area contributed by atoms with Crippen molar-refractivity contribution >= 4 is 5.82 Å². The molecule has 0 radical (unpaired) electrons. The fourth-order valence-corrected chi connectivity index (χ4v) is 1.73. The Bertz CT molecular complexity index is 656. The Morgan fingerprint density at radius 2 is 1.84 bits per heavy atom. The van der Waals surface area contributed by atoms with Gasteiger partial charge in [-0.05, 0) is 11.3 Å². The topological polar surface area (TPSA) is 87.4 Å². The summed E-state index contributed by atoms with van der Waals surface area (Å²) < 4.78 is 1.75. The van der Waals surface area contributed by atoms with Crippen molar-refractivity contribution in [1.82, 2.24) is 30.0 Å². The van der Waals surface area contributed by atoms with Crippen LogP contribution in [0.4, 0.5) is 5.82 Å². The summed E-state index contributed by atoms with van der Waals surface area (Å²) in [5, 5.41) is 16.5. The number of anilines is 1. The summed E-state index contributed by atoms with van der Waals surface area (Å²) in [6.07, 6.45) is 1.82. The molecule has 0 unspecified atom stereocenters. The van der Waals surface area contributed by atoms with Gasteiger partial charge in [-0.25, -0.2) is 0 Å². The third-order valence-electron chi connectivity index (χ3n) is 2.68. The molecule has 7 nitrogen and oxygen atoms in total. The van der Waals surface area contributed by atoms with Gasteiger partial charge in [0.2, 0.25) is 5.82 Å². The van der Waals surface area contributed by atoms with Crippen LogP contribution in [0.1, 0.15) is 0 Å². The van der Waals surface area contributed by atoms with Crippen LogP contribution < -0.4 is 5.73 Å². The van der Waals surface area contributed by atoms with Gasteiger partial charge >= 0.3 is 0 Å². The molecule has 0 spiro atoms. The van der Waals surface area contributed by atoms with Gasteiger partial charge in [-0.15, -0.1) is 10.2 Å². The standard InChI is InChI=1S/C12H13N7/c13-11-6-7-18(15-11)8-9-19-16-12(14-17-19)10-4-2-1-3-5-10/h1-7H,8-9H2,(H2,13,15). The van der Waals surface area contributed by atoms with Crippen LogP contribution in [0.2, 0.25) is 0 Å². The first-order valence-corrected chi connectivity index (χ1v) is 5.93. The Kier molecular flexibility index (Phi) is 2.93. The molecule has 3 rings (SSSR count). The summed E-state index contributed by atoms with van der Waals surface area (Å²) in [5.41, 5.74) is 6.50. The van der Waals surface area contributed by atoms with E-state index >= 15 is 0 Å². The van der Waals surface area contributed by atoms with E-state index in [2.05, 4.69) is 20.5 Å². The lowest BCUT2D eigenvalue weighted by atomic mass is 10.2. The molecule has 1 aromatic carbocycles. The number of benzene rings is 1. The smallest absolute Gasteiger partial charge is 0.204 e. The fraction of sp³-hybridized carbons (Fsp3) is 0.167. The highest BCUT2D eigenvalue weighted by atomic mass is 15.6. The van der Waals surface area contributed by atoms with E-state index in [1.165, 1.54) is 0 Å². The van der Waals surface area contributed by atoms with Crippen molar-refractivity contribution in [3.8, 4) is 11.4 Å². The lowest BCUT2D eigenvalue weighted by Crippen LogP contribution is -2.10. The summed E-state index contributed by atoms with van der Waals surface area (Å²) in [7, 11) is 0. The Labute approximate surface area is 109 Å².